The number of hydrogen-bond donors (Lipinski definition) is 2. The lowest BCUT2D eigenvalue weighted by atomic mass is 10.3. The molecular formula is C9H12N4S. The van der Waals surface area contributed by atoms with Gasteiger partial charge >= 0.3 is 0 Å². The summed E-state index contributed by atoms with van der Waals surface area (Å²) in [6.07, 6.45) is 4.47. The molecule has 14 heavy (non-hydrogen) atoms. The van der Waals surface area contributed by atoms with E-state index in [-0.39, 0.29) is 0 Å². The Kier molecular flexibility index (Phi) is 2.78. The van der Waals surface area contributed by atoms with Gasteiger partial charge in [0.25, 0.3) is 0 Å². The monoisotopic (exact) mass is 208 g/mol. The number of aromatic amines is 1. The molecule has 0 aliphatic rings. The van der Waals surface area contributed by atoms with Crippen molar-refractivity contribution in [3.8, 4) is 0 Å². The van der Waals surface area contributed by atoms with Gasteiger partial charge in [-0.3, -0.25) is 0 Å². The van der Waals surface area contributed by atoms with Crippen LogP contribution in [0.25, 0.3) is 0 Å². The molecule has 0 saturated heterocycles. The molecule has 0 bridgehead atoms. The molecule has 74 valence electrons. The van der Waals surface area contributed by atoms with E-state index in [2.05, 4.69) is 25.6 Å². The average molecular weight is 208 g/mol. The number of nitrogens with one attached hydrogen (secondary N) is 2. The van der Waals surface area contributed by atoms with Crippen LogP contribution in [-0.4, -0.2) is 21.5 Å². The summed E-state index contributed by atoms with van der Waals surface area (Å²) in [6, 6.07) is 0. The molecule has 5 heteroatoms. The van der Waals surface area contributed by atoms with Crippen molar-refractivity contribution in [1.82, 2.24) is 15.0 Å². The molecule has 0 unspecified atom stereocenters. The molecule has 2 rings (SSSR count). The van der Waals surface area contributed by atoms with Gasteiger partial charge in [-0.15, -0.1) is 11.3 Å². The highest BCUT2D eigenvalue weighted by Gasteiger charge is 1.98. The molecular weight excluding hydrogens is 196 g/mol. The molecule has 0 radical (unpaired) electrons. The van der Waals surface area contributed by atoms with E-state index in [0.29, 0.717) is 0 Å². The second kappa shape index (κ2) is 4.23. The predicted octanol–water partition coefficient (Wildman–Crippen LogP) is 1.83. The highest BCUT2D eigenvalue weighted by atomic mass is 32.1. The number of H-pyrrole nitrogens is 1. The van der Waals surface area contributed by atoms with E-state index in [4.69, 9.17) is 0 Å². The van der Waals surface area contributed by atoms with Crippen LogP contribution in [-0.2, 0) is 6.42 Å². The van der Waals surface area contributed by atoms with Gasteiger partial charge in [0.15, 0.2) is 5.95 Å². The SMILES string of the molecule is Cc1nc(CCNc2ncc[nH]2)cs1. The molecule has 0 atom stereocenters. The van der Waals surface area contributed by atoms with Crippen molar-refractivity contribution in [3.63, 3.8) is 0 Å². The average Bonchev–Trinajstić information content (AvgIpc) is 2.77. The zero-order chi connectivity index (χ0) is 9.80. The topological polar surface area (TPSA) is 53.6 Å². The predicted molar refractivity (Wildman–Crippen MR) is 57.6 cm³/mol. The molecule has 2 heterocycles. The first-order chi connectivity index (χ1) is 6.84. The molecule has 0 saturated carbocycles. The minimum atomic E-state index is 0.817. The van der Waals surface area contributed by atoms with E-state index in [1.54, 1.807) is 23.7 Å². The van der Waals surface area contributed by atoms with E-state index in [0.717, 1.165) is 29.6 Å². The van der Waals surface area contributed by atoms with Gasteiger partial charge in [0.2, 0.25) is 0 Å². The van der Waals surface area contributed by atoms with Gasteiger partial charge in [-0.2, -0.15) is 0 Å². The zero-order valence-corrected chi connectivity index (χ0v) is 8.77. The Bertz CT molecular complexity index is 379. The Hall–Kier alpha value is -1.36. The Morgan fingerprint density at radius 1 is 1.57 bits per heavy atom. The highest BCUT2D eigenvalue weighted by Crippen LogP contribution is 2.08. The summed E-state index contributed by atoms with van der Waals surface area (Å²) < 4.78 is 0. The van der Waals surface area contributed by atoms with Gasteiger partial charge in [-0.25, -0.2) is 9.97 Å². The van der Waals surface area contributed by atoms with Crippen molar-refractivity contribution in [2.75, 3.05) is 11.9 Å². The lowest BCUT2D eigenvalue weighted by molar-refractivity contribution is 0.955. The van der Waals surface area contributed by atoms with E-state index >= 15 is 0 Å². The second-order valence-corrected chi connectivity index (χ2v) is 4.03. The Labute approximate surface area is 86.4 Å². The van der Waals surface area contributed by atoms with Gasteiger partial charge in [0, 0.05) is 30.7 Å². The van der Waals surface area contributed by atoms with Crippen molar-refractivity contribution >= 4 is 17.3 Å². The lowest BCUT2D eigenvalue weighted by Crippen LogP contribution is -2.06. The van der Waals surface area contributed by atoms with Crippen LogP contribution in [0.15, 0.2) is 17.8 Å². The van der Waals surface area contributed by atoms with Crippen LogP contribution in [0.2, 0.25) is 0 Å². The number of thiazole rings is 1. The zero-order valence-electron chi connectivity index (χ0n) is 7.95. The second-order valence-electron chi connectivity index (χ2n) is 2.97. The number of anilines is 1. The molecule has 0 aliphatic heterocycles. The Morgan fingerprint density at radius 3 is 3.14 bits per heavy atom. The molecule has 0 fully saturated rings. The maximum atomic E-state index is 4.38. The van der Waals surface area contributed by atoms with Crippen molar-refractivity contribution in [3.05, 3.63) is 28.5 Å². The first kappa shape index (κ1) is 9.21. The largest absolute Gasteiger partial charge is 0.355 e. The van der Waals surface area contributed by atoms with Crippen molar-refractivity contribution in [1.29, 1.82) is 0 Å². The minimum absolute atomic E-state index is 0.817. The number of nitrogens with zero attached hydrogens (tertiary/aromatic N) is 2. The number of imidazole rings is 1. The summed E-state index contributed by atoms with van der Waals surface area (Å²) in [6.45, 7) is 2.88. The van der Waals surface area contributed by atoms with Crippen LogP contribution < -0.4 is 5.32 Å². The third kappa shape index (κ3) is 2.32. The smallest absolute Gasteiger partial charge is 0.200 e. The molecule has 4 nitrogen and oxygen atoms in total. The summed E-state index contributed by atoms with van der Waals surface area (Å²) in [4.78, 5) is 11.4. The third-order valence-corrected chi connectivity index (χ3v) is 2.66. The molecule has 2 aromatic rings. The lowest BCUT2D eigenvalue weighted by Gasteiger charge is -1.99. The molecule has 0 aromatic carbocycles. The fraction of sp³-hybridized carbons (Fsp3) is 0.333. The fourth-order valence-corrected chi connectivity index (χ4v) is 1.84. The van der Waals surface area contributed by atoms with Crippen molar-refractivity contribution in [2.24, 2.45) is 0 Å². The number of aryl methyl sites for hydroxylation is 1. The fourth-order valence-electron chi connectivity index (χ4n) is 1.19. The highest BCUT2D eigenvalue weighted by molar-refractivity contribution is 7.09. The maximum Gasteiger partial charge on any atom is 0.200 e. The first-order valence-electron chi connectivity index (χ1n) is 4.49. The molecule has 2 N–H and O–H groups in total. The van der Waals surface area contributed by atoms with Crippen LogP contribution in [0.1, 0.15) is 10.7 Å². The standard InChI is InChI=1S/C9H12N4S/c1-7-13-8(6-14-7)2-3-10-9-11-4-5-12-9/h4-6H,2-3H2,1H3,(H2,10,11,12). The number of hydrogen-bond acceptors (Lipinski definition) is 4. The number of rotatable bonds is 4. The summed E-state index contributed by atoms with van der Waals surface area (Å²) in [7, 11) is 0. The Balaban J connectivity index is 1.78. The van der Waals surface area contributed by atoms with Crippen LogP contribution in [0.3, 0.4) is 0 Å². The van der Waals surface area contributed by atoms with Crippen LogP contribution >= 0.6 is 11.3 Å². The van der Waals surface area contributed by atoms with Gasteiger partial charge in [0.1, 0.15) is 0 Å². The molecule has 0 spiro atoms. The molecule has 0 amide bonds. The summed E-state index contributed by atoms with van der Waals surface area (Å²) in [5.74, 6) is 0.817. The van der Waals surface area contributed by atoms with E-state index in [1.165, 1.54) is 0 Å². The van der Waals surface area contributed by atoms with Crippen LogP contribution in [0, 0.1) is 6.92 Å². The van der Waals surface area contributed by atoms with Gasteiger partial charge in [0.05, 0.1) is 10.7 Å². The van der Waals surface area contributed by atoms with Crippen molar-refractivity contribution < 1.29 is 0 Å². The number of aromatic nitrogens is 3. The van der Waals surface area contributed by atoms with E-state index in [1.807, 2.05) is 6.92 Å². The molecule has 0 aliphatic carbocycles. The third-order valence-electron chi connectivity index (χ3n) is 1.84. The Morgan fingerprint density at radius 2 is 2.50 bits per heavy atom. The van der Waals surface area contributed by atoms with Crippen molar-refractivity contribution in [2.45, 2.75) is 13.3 Å². The summed E-state index contributed by atoms with van der Waals surface area (Å²) in [5, 5.41) is 6.40. The minimum Gasteiger partial charge on any atom is -0.355 e. The van der Waals surface area contributed by atoms with Gasteiger partial charge < -0.3 is 10.3 Å². The van der Waals surface area contributed by atoms with Gasteiger partial charge in [-0.05, 0) is 6.92 Å². The first-order valence-corrected chi connectivity index (χ1v) is 5.37. The normalized spacial score (nSPS) is 10.4. The quantitative estimate of drug-likeness (QED) is 0.806. The van der Waals surface area contributed by atoms with E-state index in [9.17, 15) is 0 Å². The van der Waals surface area contributed by atoms with E-state index < -0.39 is 0 Å². The summed E-state index contributed by atoms with van der Waals surface area (Å²) in [5.41, 5.74) is 1.14. The summed E-state index contributed by atoms with van der Waals surface area (Å²) >= 11 is 1.69. The van der Waals surface area contributed by atoms with Crippen LogP contribution in [0.4, 0.5) is 5.95 Å². The van der Waals surface area contributed by atoms with Gasteiger partial charge in [-0.1, -0.05) is 0 Å². The van der Waals surface area contributed by atoms with Crippen LogP contribution in [0.5, 0.6) is 0 Å². The molecule has 2 aromatic heterocycles. The maximum absolute atomic E-state index is 4.38.